The molecule has 11 heteroatoms. The zero-order valence-electron chi connectivity index (χ0n) is 18.7. The summed E-state index contributed by atoms with van der Waals surface area (Å²) in [5, 5.41) is 11.3. The highest BCUT2D eigenvalue weighted by atomic mass is 35.5. The van der Waals surface area contributed by atoms with Crippen LogP contribution in [-0.4, -0.2) is 17.8 Å². The molecule has 1 heterocycles. The summed E-state index contributed by atoms with van der Waals surface area (Å²) >= 11 is 31.3. The van der Waals surface area contributed by atoms with Crippen LogP contribution in [0.3, 0.4) is 0 Å². The maximum atomic E-state index is 13.5. The van der Waals surface area contributed by atoms with Gasteiger partial charge in [0.15, 0.2) is 5.84 Å². The van der Waals surface area contributed by atoms with Gasteiger partial charge in [-0.2, -0.15) is 10.2 Å². The number of hydrogen-bond acceptors (Lipinski definition) is 4. The van der Waals surface area contributed by atoms with Gasteiger partial charge in [0.25, 0.3) is 5.91 Å². The number of carbonyl (C=O) groups is 1. The van der Waals surface area contributed by atoms with Gasteiger partial charge in [-0.15, -0.1) is 0 Å². The zero-order valence-corrected chi connectivity index (χ0v) is 22.5. The molecular weight excluding hydrogens is 552 g/mol. The molecule has 35 heavy (non-hydrogen) atoms. The van der Waals surface area contributed by atoms with E-state index in [0.29, 0.717) is 26.4 Å². The van der Waals surface area contributed by atoms with Crippen LogP contribution in [0.25, 0.3) is 0 Å². The second-order valence-corrected chi connectivity index (χ2v) is 10.0. The summed E-state index contributed by atoms with van der Waals surface area (Å²) in [7, 11) is 0. The summed E-state index contributed by atoms with van der Waals surface area (Å²) in [6, 6.07) is 10.8. The summed E-state index contributed by atoms with van der Waals surface area (Å²) < 4.78 is 0. The number of benzene rings is 3. The number of amidine groups is 1. The number of nitrogens with zero attached hydrogens (tertiary/aromatic N) is 4. The molecule has 0 aromatic heterocycles. The normalized spacial score (nSPS) is 17.0. The minimum atomic E-state index is -1.11. The summed E-state index contributed by atoms with van der Waals surface area (Å²) in [6.45, 7) is 5.80. The van der Waals surface area contributed by atoms with Crippen molar-refractivity contribution in [2.45, 2.75) is 26.8 Å². The monoisotopic (exact) mass is 567 g/mol. The van der Waals surface area contributed by atoms with Crippen LogP contribution in [0.4, 0.5) is 17.1 Å². The van der Waals surface area contributed by atoms with Crippen molar-refractivity contribution in [3.05, 3.63) is 84.3 Å². The molecule has 1 saturated heterocycles. The highest BCUT2D eigenvalue weighted by Crippen LogP contribution is 2.38. The first-order valence-electron chi connectivity index (χ1n) is 10.3. The molecule has 1 fully saturated rings. The Hall–Kier alpha value is -2.35. The molecule has 1 unspecified atom stereocenters. The predicted octanol–water partition coefficient (Wildman–Crippen LogP) is 8.61. The lowest BCUT2D eigenvalue weighted by Crippen LogP contribution is -2.36. The Morgan fingerprint density at radius 1 is 0.800 bits per heavy atom. The number of hydrazine groups is 1. The lowest BCUT2D eigenvalue weighted by Gasteiger charge is -2.19. The van der Waals surface area contributed by atoms with Crippen molar-refractivity contribution in [1.82, 2.24) is 5.43 Å². The van der Waals surface area contributed by atoms with E-state index in [9.17, 15) is 4.79 Å². The number of nitrogens with one attached hydrogen (secondary N) is 1. The average molecular weight is 570 g/mol. The lowest BCUT2D eigenvalue weighted by atomic mass is 10.1. The molecule has 0 bridgehead atoms. The van der Waals surface area contributed by atoms with E-state index in [0.717, 1.165) is 16.7 Å². The SMILES string of the molecule is Cc1ccc(N=NC2C(=O)N(c3c(Cl)cc(Cl)cc3Cl)NC2=Nc2cc(C)c(Cl)cc2Cl)cc1C. The molecule has 0 saturated carbocycles. The van der Waals surface area contributed by atoms with Crippen LogP contribution in [0.15, 0.2) is 57.7 Å². The number of rotatable bonds is 4. The zero-order chi connectivity index (χ0) is 25.4. The lowest BCUT2D eigenvalue weighted by molar-refractivity contribution is -0.117. The molecule has 3 aromatic rings. The Balaban J connectivity index is 1.80. The number of carbonyl (C=O) groups excluding carboxylic acids is 1. The summed E-state index contributed by atoms with van der Waals surface area (Å²) in [5.41, 5.74) is 7.12. The van der Waals surface area contributed by atoms with E-state index in [1.807, 2.05) is 39.0 Å². The summed E-state index contributed by atoms with van der Waals surface area (Å²) in [6.07, 6.45) is 0. The fourth-order valence-electron chi connectivity index (χ4n) is 3.34. The second kappa shape index (κ2) is 10.3. The van der Waals surface area contributed by atoms with Gasteiger partial charge < -0.3 is 0 Å². The van der Waals surface area contributed by atoms with Gasteiger partial charge in [0.05, 0.1) is 26.4 Å². The van der Waals surface area contributed by atoms with Crippen molar-refractivity contribution in [2.75, 3.05) is 5.01 Å². The molecule has 1 aliphatic rings. The molecule has 3 aromatic carbocycles. The van der Waals surface area contributed by atoms with Gasteiger partial charge in [-0.25, -0.2) is 10.0 Å². The Bertz CT molecular complexity index is 1380. The van der Waals surface area contributed by atoms with Gasteiger partial charge in [0, 0.05) is 10.0 Å². The van der Waals surface area contributed by atoms with Crippen LogP contribution < -0.4 is 10.4 Å². The van der Waals surface area contributed by atoms with E-state index in [4.69, 9.17) is 58.0 Å². The fraction of sp³-hybridized carbons (Fsp3) is 0.167. The van der Waals surface area contributed by atoms with Crippen LogP contribution in [0.5, 0.6) is 0 Å². The Kier molecular flexibility index (Phi) is 7.60. The van der Waals surface area contributed by atoms with Gasteiger partial charge in [-0.1, -0.05) is 64.1 Å². The molecule has 0 radical (unpaired) electrons. The van der Waals surface area contributed by atoms with Crippen molar-refractivity contribution in [1.29, 1.82) is 0 Å². The first-order valence-corrected chi connectivity index (χ1v) is 12.2. The van der Waals surface area contributed by atoms with Crippen LogP contribution in [0, 0.1) is 20.8 Å². The van der Waals surface area contributed by atoms with E-state index >= 15 is 0 Å². The first-order chi connectivity index (χ1) is 16.5. The van der Waals surface area contributed by atoms with E-state index in [1.54, 1.807) is 12.1 Å². The van der Waals surface area contributed by atoms with Gasteiger partial charge in [-0.05, 0) is 73.9 Å². The minimum Gasteiger partial charge on any atom is -0.276 e. The number of aliphatic imine (C=N–C) groups is 1. The van der Waals surface area contributed by atoms with Crippen molar-refractivity contribution >= 4 is 86.8 Å². The molecule has 180 valence electrons. The Morgan fingerprint density at radius 2 is 1.49 bits per heavy atom. The Morgan fingerprint density at radius 3 is 2.14 bits per heavy atom. The van der Waals surface area contributed by atoms with Crippen molar-refractivity contribution in [3.63, 3.8) is 0 Å². The molecule has 1 N–H and O–H groups in total. The average Bonchev–Trinajstić information content (AvgIpc) is 3.07. The number of anilines is 1. The quantitative estimate of drug-likeness (QED) is 0.320. The smallest absolute Gasteiger partial charge is 0.276 e. The molecular formula is C24H18Cl5N5O. The largest absolute Gasteiger partial charge is 0.280 e. The second-order valence-electron chi connectivity index (χ2n) is 7.94. The highest BCUT2D eigenvalue weighted by Gasteiger charge is 2.41. The maximum Gasteiger partial charge on any atom is 0.280 e. The van der Waals surface area contributed by atoms with Gasteiger partial charge in [-0.3, -0.25) is 10.2 Å². The third-order valence-corrected chi connectivity index (χ3v) is 6.90. The van der Waals surface area contributed by atoms with E-state index in [-0.39, 0.29) is 21.6 Å². The first kappa shape index (κ1) is 25.7. The topological polar surface area (TPSA) is 69.4 Å². The molecule has 1 amide bonds. The van der Waals surface area contributed by atoms with E-state index < -0.39 is 11.9 Å². The highest BCUT2D eigenvalue weighted by molar-refractivity contribution is 6.43. The molecule has 1 atom stereocenters. The van der Waals surface area contributed by atoms with Crippen LogP contribution >= 0.6 is 58.0 Å². The number of amides is 1. The van der Waals surface area contributed by atoms with Gasteiger partial charge >= 0.3 is 0 Å². The van der Waals surface area contributed by atoms with Crippen LogP contribution in [0.1, 0.15) is 16.7 Å². The van der Waals surface area contributed by atoms with Gasteiger partial charge in [0.2, 0.25) is 6.04 Å². The number of halogens is 5. The fourth-order valence-corrected chi connectivity index (χ4v) is 4.76. The summed E-state index contributed by atoms with van der Waals surface area (Å²) in [5.74, 6) is -0.294. The Labute approximate surface area is 227 Å². The van der Waals surface area contributed by atoms with Crippen LogP contribution in [-0.2, 0) is 4.79 Å². The minimum absolute atomic E-state index is 0.176. The third-order valence-electron chi connectivity index (χ3n) is 5.39. The molecule has 4 rings (SSSR count). The predicted molar refractivity (Wildman–Crippen MR) is 145 cm³/mol. The van der Waals surface area contributed by atoms with Crippen molar-refractivity contribution in [2.24, 2.45) is 15.2 Å². The van der Waals surface area contributed by atoms with Crippen molar-refractivity contribution < 1.29 is 4.79 Å². The van der Waals surface area contributed by atoms with E-state index in [2.05, 4.69) is 20.6 Å². The molecule has 0 spiro atoms. The number of azo groups is 1. The number of aryl methyl sites for hydroxylation is 3. The molecule has 6 nitrogen and oxygen atoms in total. The summed E-state index contributed by atoms with van der Waals surface area (Å²) in [4.78, 5) is 18.0. The third kappa shape index (κ3) is 5.42. The van der Waals surface area contributed by atoms with Gasteiger partial charge in [0.1, 0.15) is 5.69 Å². The maximum absolute atomic E-state index is 13.5. The number of hydrogen-bond donors (Lipinski definition) is 1. The molecule has 1 aliphatic heterocycles. The molecule has 0 aliphatic carbocycles. The standard InChI is InChI=1S/C24H18Cl5N5O/c1-11-4-5-15(6-12(11)2)31-32-21-23(30-20-7-13(3)16(26)10-17(20)27)33-34(24(21)35)22-18(28)8-14(25)9-19(22)29/h4-10,21H,1-3H3,(H,30,33). The van der Waals surface area contributed by atoms with Crippen molar-refractivity contribution in [3.8, 4) is 0 Å². The van der Waals surface area contributed by atoms with E-state index in [1.165, 1.54) is 17.1 Å². The van der Waals surface area contributed by atoms with Crippen LogP contribution in [0.2, 0.25) is 25.1 Å².